The van der Waals surface area contributed by atoms with Crippen molar-refractivity contribution in [1.29, 1.82) is 0 Å². The SMILES string of the molecule is C[C@]12CC[CH]C[C@@H]1CC[C@@H]1[C@@H]2C[C@@H](O)[C@]2(C)[C@@H](C3=CC(=O)OC3)CC[C@]12O. The molecule has 4 nitrogen and oxygen atoms in total. The van der Waals surface area contributed by atoms with E-state index in [1.54, 1.807) is 6.08 Å². The number of hydrogen-bond donors (Lipinski definition) is 2. The summed E-state index contributed by atoms with van der Waals surface area (Å²) < 4.78 is 5.17. The zero-order valence-electron chi connectivity index (χ0n) is 16.6. The molecule has 0 aromatic carbocycles. The molecule has 0 bridgehead atoms. The monoisotopic (exact) mass is 373 g/mol. The van der Waals surface area contributed by atoms with Crippen LogP contribution in [0.4, 0.5) is 0 Å². The van der Waals surface area contributed by atoms with Gasteiger partial charge in [0.05, 0.1) is 11.7 Å². The Labute approximate surface area is 162 Å². The van der Waals surface area contributed by atoms with E-state index < -0.39 is 17.1 Å². The van der Waals surface area contributed by atoms with Gasteiger partial charge in [-0.05, 0) is 92.4 Å². The maximum absolute atomic E-state index is 12.1. The number of fused-ring (bicyclic) bond motifs is 5. The fraction of sp³-hybridized carbons (Fsp3) is 0.826. The van der Waals surface area contributed by atoms with Gasteiger partial charge in [0, 0.05) is 11.5 Å². The number of carbonyl (C=O) groups excluding carboxylic acids is 1. The molecular weight excluding hydrogens is 340 g/mol. The quantitative estimate of drug-likeness (QED) is 0.691. The van der Waals surface area contributed by atoms with Gasteiger partial charge in [0.2, 0.25) is 0 Å². The number of carbonyl (C=O) groups is 1. The Morgan fingerprint density at radius 3 is 2.70 bits per heavy atom. The Kier molecular flexibility index (Phi) is 3.92. The third-order valence-corrected chi connectivity index (χ3v) is 9.82. The molecule has 5 aliphatic rings. The number of aliphatic hydroxyl groups excluding tert-OH is 1. The summed E-state index contributed by atoms with van der Waals surface area (Å²) in [6, 6.07) is 0. The lowest BCUT2D eigenvalue weighted by Crippen LogP contribution is -2.66. The molecule has 5 rings (SSSR count). The molecular formula is C23H33O4. The van der Waals surface area contributed by atoms with E-state index in [2.05, 4.69) is 20.3 Å². The van der Waals surface area contributed by atoms with Gasteiger partial charge in [-0.1, -0.05) is 13.8 Å². The molecule has 27 heavy (non-hydrogen) atoms. The second-order valence-electron chi connectivity index (χ2n) is 10.4. The summed E-state index contributed by atoms with van der Waals surface area (Å²) in [5.41, 5.74) is -0.220. The van der Waals surface area contributed by atoms with Crippen LogP contribution in [0.25, 0.3) is 0 Å². The number of hydrogen-bond acceptors (Lipinski definition) is 4. The molecule has 0 aromatic heterocycles. The summed E-state index contributed by atoms with van der Waals surface area (Å²) >= 11 is 0. The Morgan fingerprint density at radius 1 is 1.15 bits per heavy atom. The van der Waals surface area contributed by atoms with Crippen LogP contribution in [0.3, 0.4) is 0 Å². The normalized spacial score (nSPS) is 54.6. The van der Waals surface area contributed by atoms with Crippen LogP contribution < -0.4 is 0 Å². The van der Waals surface area contributed by atoms with Crippen LogP contribution in [0, 0.1) is 40.9 Å². The highest BCUT2D eigenvalue weighted by atomic mass is 16.5. The molecule has 8 atom stereocenters. The first-order chi connectivity index (χ1) is 12.8. The lowest BCUT2D eigenvalue weighted by Gasteiger charge is -2.64. The lowest BCUT2D eigenvalue weighted by atomic mass is 9.42. The van der Waals surface area contributed by atoms with Gasteiger partial charge in [-0.2, -0.15) is 0 Å². The lowest BCUT2D eigenvalue weighted by molar-refractivity contribution is -0.241. The molecule has 4 heteroatoms. The zero-order chi connectivity index (χ0) is 19.0. The van der Waals surface area contributed by atoms with Gasteiger partial charge in [-0.3, -0.25) is 0 Å². The predicted molar refractivity (Wildman–Crippen MR) is 101 cm³/mol. The third kappa shape index (κ3) is 2.20. The number of cyclic esters (lactones) is 1. The van der Waals surface area contributed by atoms with Gasteiger partial charge in [0.1, 0.15) is 6.61 Å². The molecule has 0 aromatic rings. The molecule has 4 saturated carbocycles. The maximum atomic E-state index is 12.1. The average molecular weight is 374 g/mol. The van der Waals surface area contributed by atoms with E-state index in [4.69, 9.17) is 4.74 Å². The second-order valence-corrected chi connectivity index (χ2v) is 10.4. The van der Waals surface area contributed by atoms with E-state index in [1.807, 2.05) is 0 Å². The number of esters is 1. The smallest absolute Gasteiger partial charge is 0.331 e. The van der Waals surface area contributed by atoms with Crippen LogP contribution in [-0.4, -0.2) is 34.5 Å². The van der Waals surface area contributed by atoms with E-state index in [0.717, 1.165) is 37.7 Å². The molecule has 149 valence electrons. The van der Waals surface area contributed by atoms with E-state index in [0.29, 0.717) is 18.4 Å². The standard InChI is InChI=1S/C23H33O4/c1-21-9-4-3-5-15(21)6-7-17-18(21)12-19(24)22(2)16(8-10-23(17,22)26)14-11-20(25)27-13-14/h3,11,15-19,24,26H,4-10,12-13H2,1-2H3/t15-,16-,17-,18+,19-,21+,22+,23+/m1/s1. The van der Waals surface area contributed by atoms with Crippen molar-refractivity contribution in [2.45, 2.75) is 76.9 Å². The number of ether oxygens (including phenoxy) is 1. The zero-order valence-corrected chi connectivity index (χ0v) is 16.6. The minimum Gasteiger partial charge on any atom is -0.458 e. The van der Waals surface area contributed by atoms with E-state index in [1.165, 1.54) is 19.3 Å². The minimum atomic E-state index is -0.846. The summed E-state index contributed by atoms with van der Waals surface area (Å²) in [7, 11) is 0. The van der Waals surface area contributed by atoms with Gasteiger partial charge >= 0.3 is 5.97 Å². The predicted octanol–water partition coefficient (Wildman–Crippen LogP) is 3.42. The van der Waals surface area contributed by atoms with Crippen molar-refractivity contribution in [3.63, 3.8) is 0 Å². The summed E-state index contributed by atoms with van der Waals surface area (Å²) in [5.74, 6) is 1.11. The van der Waals surface area contributed by atoms with Gasteiger partial charge in [0.25, 0.3) is 0 Å². The summed E-state index contributed by atoms with van der Waals surface area (Å²) in [5, 5.41) is 23.5. The fourth-order valence-electron chi connectivity index (χ4n) is 8.17. The highest BCUT2D eigenvalue weighted by molar-refractivity contribution is 5.85. The van der Waals surface area contributed by atoms with Crippen LogP contribution in [-0.2, 0) is 9.53 Å². The van der Waals surface area contributed by atoms with Crippen molar-refractivity contribution in [3.05, 3.63) is 18.1 Å². The van der Waals surface area contributed by atoms with Crippen LogP contribution in [0.15, 0.2) is 11.6 Å². The largest absolute Gasteiger partial charge is 0.458 e. The van der Waals surface area contributed by atoms with Crippen molar-refractivity contribution in [3.8, 4) is 0 Å². The topological polar surface area (TPSA) is 66.8 Å². The first-order valence-electron chi connectivity index (χ1n) is 10.9. The van der Waals surface area contributed by atoms with E-state index in [-0.39, 0.29) is 23.2 Å². The van der Waals surface area contributed by atoms with Gasteiger partial charge < -0.3 is 14.9 Å². The average Bonchev–Trinajstić information content (AvgIpc) is 3.18. The molecule has 2 N–H and O–H groups in total. The molecule has 4 fully saturated rings. The van der Waals surface area contributed by atoms with Crippen molar-refractivity contribution in [1.82, 2.24) is 0 Å². The Bertz CT molecular complexity index is 686. The number of rotatable bonds is 1. The molecule has 1 heterocycles. The van der Waals surface area contributed by atoms with Crippen LogP contribution in [0.1, 0.15) is 65.2 Å². The van der Waals surface area contributed by atoms with E-state index in [9.17, 15) is 15.0 Å². The third-order valence-electron chi connectivity index (χ3n) is 9.82. The molecule has 1 aliphatic heterocycles. The molecule has 0 saturated heterocycles. The van der Waals surface area contributed by atoms with Gasteiger partial charge in [-0.15, -0.1) is 0 Å². The maximum Gasteiger partial charge on any atom is 0.331 e. The minimum absolute atomic E-state index is 0.0371. The summed E-state index contributed by atoms with van der Waals surface area (Å²) in [6.45, 7) is 4.84. The summed E-state index contributed by atoms with van der Waals surface area (Å²) in [4.78, 5) is 11.6. The summed E-state index contributed by atoms with van der Waals surface area (Å²) in [6.07, 6.45) is 11.7. The highest BCUT2D eigenvalue weighted by Gasteiger charge is 2.70. The number of aliphatic hydroxyl groups is 2. The second kappa shape index (κ2) is 5.82. The Hall–Kier alpha value is -0.870. The molecule has 4 aliphatic carbocycles. The first kappa shape index (κ1) is 18.2. The fourth-order valence-corrected chi connectivity index (χ4v) is 8.17. The van der Waals surface area contributed by atoms with E-state index >= 15 is 0 Å². The van der Waals surface area contributed by atoms with Crippen molar-refractivity contribution in [2.75, 3.05) is 6.61 Å². The van der Waals surface area contributed by atoms with Gasteiger partial charge in [0.15, 0.2) is 0 Å². The molecule has 0 spiro atoms. The molecule has 0 unspecified atom stereocenters. The van der Waals surface area contributed by atoms with Crippen molar-refractivity contribution in [2.24, 2.45) is 34.5 Å². The molecule has 1 radical (unpaired) electrons. The van der Waals surface area contributed by atoms with Crippen LogP contribution in [0.5, 0.6) is 0 Å². The first-order valence-corrected chi connectivity index (χ1v) is 10.9. The van der Waals surface area contributed by atoms with Gasteiger partial charge in [-0.25, -0.2) is 4.79 Å². The Morgan fingerprint density at radius 2 is 1.96 bits per heavy atom. The Balaban J connectivity index is 1.53. The van der Waals surface area contributed by atoms with Crippen LogP contribution in [0.2, 0.25) is 0 Å². The van der Waals surface area contributed by atoms with Crippen LogP contribution >= 0.6 is 0 Å². The van der Waals surface area contributed by atoms with Crippen molar-refractivity contribution < 1.29 is 19.7 Å². The van der Waals surface area contributed by atoms with Crippen molar-refractivity contribution >= 4 is 5.97 Å². The highest BCUT2D eigenvalue weighted by Crippen LogP contribution is 2.69. The molecule has 0 amide bonds.